The number of rotatable bonds is 5. The standard InChI is InChI=1S/C9H16N4O2S/c1-16(14,15)5-4-7(10)9-11-8(12-13-9)6-2-3-6/h6-7H,2-5,10H2,1H3,(H,11,12,13). The van der Waals surface area contributed by atoms with E-state index in [1.54, 1.807) is 0 Å². The first-order valence-corrected chi connectivity index (χ1v) is 7.37. The molecule has 0 spiro atoms. The van der Waals surface area contributed by atoms with Crippen LogP contribution in [-0.4, -0.2) is 35.6 Å². The summed E-state index contributed by atoms with van der Waals surface area (Å²) in [6, 6.07) is -0.404. The molecule has 0 bridgehead atoms. The van der Waals surface area contributed by atoms with Gasteiger partial charge in [0.25, 0.3) is 0 Å². The van der Waals surface area contributed by atoms with Crippen LogP contribution < -0.4 is 5.73 Å². The Balaban J connectivity index is 1.94. The molecule has 0 aliphatic heterocycles. The topological polar surface area (TPSA) is 102 Å². The summed E-state index contributed by atoms with van der Waals surface area (Å²) in [5.74, 6) is 1.97. The molecule has 1 unspecified atom stereocenters. The van der Waals surface area contributed by atoms with Gasteiger partial charge in [-0.2, -0.15) is 5.10 Å². The monoisotopic (exact) mass is 244 g/mol. The van der Waals surface area contributed by atoms with Crippen LogP contribution in [-0.2, 0) is 9.84 Å². The van der Waals surface area contributed by atoms with Crippen molar-refractivity contribution in [3.8, 4) is 0 Å². The van der Waals surface area contributed by atoms with Crippen LogP contribution in [0.1, 0.15) is 42.9 Å². The van der Waals surface area contributed by atoms with E-state index in [1.165, 1.54) is 6.26 Å². The van der Waals surface area contributed by atoms with Crippen LogP contribution in [0.3, 0.4) is 0 Å². The molecule has 1 aliphatic carbocycles. The molecule has 2 rings (SSSR count). The van der Waals surface area contributed by atoms with Crippen molar-refractivity contribution in [3.63, 3.8) is 0 Å². The first-order valence-electron chi connectivity index (χ1n) is 5.31. The van der Waals surface area contributed by atoms with Gasteiger partial charge in [0.15, 0.2) is 5.82 Å². The maximum Gasteiger partial charge on any atom is 0.167 e. The lowest BCUT2D eigenvalue weighted by molar-refractivity contribution is 0.587. The Hall–Kier alpha value is -0.950. The second kappa shape index (κ2) is 4.14. The number of sulfone groups is 1. The lowest BCUT2D eigenvalue weighted by Crippen LogP contribution is -2.17. The fraction of sp³-hybridized carbons (Fsp3) is 0.778. The summed E-state index contributed by atoms with van der Waals surface area (Å²) in [6.45, 7) is 0. The van der Waals surface area contributed by atoms with E-state index in [9.17, 15) is 8.42 Å². The molecular formula is C9H16N4O2S. The van der Waals surface area contributed by atoms with Gasteiger partial charge in [-0.1, -0.05) is 0 Å². The minimum Gasteiger partial charge on any atom is -0.321 e. The normalized spacial score (nSPS) is 18.6. The molecular weight excluding hydrogens is 228 g/mol. The smallest absolute Gasteiger partial charge is 0.167 e. The fourth-order valence-corrected chi connectivity index (χ4v) is 2.15. The number of hydrogen-bond donors (Lipinski definition) is 2. The summed E-state index contributed by atoms with van der Waals surface area (Å²) in [7, 11) is -2.97. The zero-order valence-electron chi connectivity index (χ0n) is 9.18. The lowest BCUT2D eigenvalue weighted by Gasteiger charge is -2.05. The van der Waals surface area contributed by atoms with Crippen LogP contribution in [0.4, 0.5) is 0 Å². The molecule has 3 N–H and O–H groups in total. The molecule has 1 aliphatic rings. The van der Waals surface area contributed by atoms with Gasteiger partial charge in [0, 0.05) is 12.2 Å². The third-order valence-corrected chi connectivity index (χ3v) is 3.59. The summed E-state index contributed by atoms with van der Waals surface area (Å²) >= 11 is 0. The van der Waals surface area contributed by atoms with E-state index in [2.05, 4.69) is 15.2 Å². The third kappa shape index (κ3) is 3.02. The van der Waals surface area contributed by atoms with Crippen molar-refractivity contribution in [1.29, 1.82) is 0 Å². The van der Waals surface area contributed by atoms with E-state index < -0.39 is 15.9 Å². The van der Waals surface area contributed by atoms with Crippen molar-refractivity contribution in [2.24, 2.45) is 5.73 Å². The Bertz CT molecular complexity index is 464. The average molecular weight is 244 g/mol. The Morgan fingerprint density at radius 2 is 2.25 bits per heavy atom. The van der Waals surface area contributed by atoms with Gasteiger partial charge in [0.05, 0.1) is 11.8 Å². The second-order valence-electron chi connectivity index (χ2n) is 4.38. The quantitative estimate of drug-likeness (QED) is 0.765. The molecule has 7 heteroatoms. The van der Waals surface area contributed by atoms with E-state index in [-0.39, 0.29) is 5.75 Å². The molecule has 0 saturated heterocycles. The van der Waals surface area contributed by atoms with Crippen LogP contribution in [0.5, 0.6) is 0 Å². The maximum atomic E-state index is 11.0. The molecule has 1 aromatic heterocycles. The summed E-state index contributed by atoms with van der Waals surface area (Å²) in [5, 5.41) is 6.88. The van der Waals surface area contributed by atoms with Crippen molar-refractivity contribution < 1.29 is 8.42 Å². The Morgan fingerprint density at radius 1 is 1.56 bits per heavy atom. The molecule has 0 aromatic carbocycles. The first-order chi connectivity index (χ1) is 7.46. The van der Waals surface area contributed by atoms with Gasteiger partial charge in [-0.15, -0.1) is 0 Å². The zero-order chi connectivity index (χ0) is 11.8. The number of hydrogen-bond acceptors (Lipinski definition) is 5. The molecule has 0 amide bonds. The number of nitrogens with one attached hydrogen (secondary N) is 1. The SMILES string of the molecule is CS(=O)(=O)CCC(N)c1n[nH]c(C2CC2)n1. The number of nitrogens with zero attached hydrogens (tertiary/aromatic N) is 2. The van der Waals surface area contributed by atoms with E-state index in [0.29, 0.717) is 18.2 Å². The van der Waals surface area contributed by atoms with Crippen molar-refractivity contribution >= 4 is 9.84 Å². The summed E-state index contributed by atoms with van der Waals surface area (Å²) in [4.78, 5) is 4.29. The molecule has 0 radical (unpaired) electrons. The maximum absolute atomic E-state index is 11.0. The van der Waals surface area contributed by atoms with Gasteiger partial charge in [-0.05, 0) is 19.3 Å². The highest BCUT2D eigenvalue weighted by atomic mass is 32.2. The van der Waals surface area contributed by atoms with Crippen molar-refractivity contribution in [1.82, 2.24) is 15.2 Å². The predicted octanol–water partition coefficient (Wildman–Crippen LogP) is 0.117. The zero-order valence-corrected chi connectivity index (χ0v) is 10.00. The van der Waals surface area contributed by atoms with Gasteiger partial charge in [-0.25, -0.2) is 13.4 Å². The van der Waals surface area contributed by atoms with Crippen molar-refractivity contribution in [2.75, 3.05) is 12.0 Å². The van der Waals surface area contributed by atoms with Crippen LogP contribution >= 0.6 is 0 Å². The number of H-pyrrole nitrogens is 1. The van der Waals surface area contributed by atoms with Crippen LogP contribution in [0.2, 0.25) is 0 Å². The molecule has 1 aromatic rings. The Labute approximate surface area is 94.6 Å². The molecule has 1 heterocycles. The minimum absolute atomic E-state index is 0.0709. The number of aromatic amines is 1. The van der Waals surface area contributed by atoms with Gasteiger partial charge in [0.1, 0.15) is 15.7 Å². The fourth-order valence-electron chi connectivity index (χ4n) is 1.46. The Morgan fingerprint density at radius 3 is 2.81 bits per heavy atom. The summed E-state index contributed by atoms with van der Waals surface area (Å²) in [6.07, 6.45) is 3.86. The third-order valence-electron chi connectivity index (χ3n) is 2.62. The largest absolute Gasteiger partial charge is 0.321 e. The second-order valence-corrected chi connectivity index (χ2v) is 6.64. The Kier molecular flexibility index (Phi) is 2.98. The highest BCUT2D eigenvalue weighted by Crippen LogP contribution is 2.38. The predicted molar refractivity (Wildman–Crippen MR) is 59.6 cm³/mol. The summed E-state index contributed by atoms with van der Waals surface area (Å²) in [5.41, 5.74) is 5.83. The average Bonchev–Trinajstić information content (AvgIpc) is 2.92. The van der Waals surface area contributed by atoms with Crippen LogP contribution in [0, 0.1) is 0 Å². The molecule has 1 saturated carbocycles. The number of nitrogens with two attached hydrogens (primary N) is 1. The van der Waals surface area contributed by atoms with Crippen molar-refractivity contribution in [2.45, 2.75) is 31.2 Å². The molecule has 90 valence electrons. The first kappa shape index (κ1) is 11.5. The summed E-state index contributed by atoms with van der Waals surface area (Å²) < 4.78 is 22.0. The van der Waals surface area contributed by atoms with E-state index >= 15 is 0 Å². The van der Waals surface area contributed by atoms with Gasteiger partial charge >= 0.3 is 0 Å². The van der Waals surface area contributed by atoms with Gasteiger partial charge < -0.3 is 5.73 Å². The number of aromatic nitrogens is 3. The molecule has 1 atom stereocenters. The van der Waals surface area contributed by atoms with Crippen LogP contribution in [0.25, 0.3) is 0 Å². The van der Waals surface area contributed by atoms with E-state index in [0.717, 1.165) is 18.7 Å². The van der Waals surface area contributed by atoms with E-state index in [1.807, 2.05) is 0 Å². The molecule has 1 fully saturated rings. The van der Waals surface area contributed by atoms with Gasteiger partial charge in [0.2, 0.25) is 0 Å². The van der Waals surface area contributed by atoms with Gasteiger partial charge in [-0.3, -0.25) is 5.10 Å². The van der Waals surface area contributed by atoms with Crippen molar-refractivity contribution in [3.05, 3.63) is 11.6 Å². The molecule has 16 heavy (non-hydrogen) atoms. The van der Waals surface area contributed by atoms with Crippen LogP contribution in [0.15, 0.2) is 0 Å². The highest BCUT2D eigenvalue weighted by Gasteiger charge is 2.28. The molecule has 6 nitrogen and oxygen atoms in total. The highest BCUT2D eigenvalue weighted by molar-refractivity contribution is 7.90. The van der Waals surface area contributed by atoms with E-state index in [4.69, 9.17) is 5.73 Å². The minimum atomic E-state index is -2.97. The lowest BCUT2D eigenvalue weighted by atomic mass is 10.2.